The molecule has 2 aromatic rings. The summed E-state index contributed by atoms with van der Waals surface area (Å²) in [5.41, 5.74) is 4.91. The maximum atomic E-state index is 11.7. The van der Waals surface area contributed by atoms with Gasteiger partial charge in [-0.1, -0.05) is 0 Å². The Morgan fingerprint density at radius 2 is 2.00 bits per heavy atom. The van der Waals surface area contributed by atoms with E-state index < -0.39 is 0 Å². The lowest BCUT2D eigenvalue weighted by molar-refractivity contribution is 0.498. The minimum absolute atomic E-state index is 0.280. The summed E-state index contributed by atoms with van der Waals surface area (Å²) in [5, 5.41) is 4.03. The van der Waals surface area contributed by atoms with Crippen molar-refractivity contribution in [2.75, 3.05) is 5.73 Å². The van der Waals surface area contributed by atoms with E-state index in [4.69, 9.17) is 5.73 Å². The summed E-state index contributed by atoms with van der Waals surface area (Å²) in [5.74, 6) is 0.461. The van der Waals surface area contributed by atoms with Crippen molar-refractivity contribution in [1.82, 2.24) is 18.9 Å². The molecular formula is C11H15N5O2. The highest BCUT2D eigenvalue weighted by atomic mass is 16.2. The molecule has 0 aliphatic rings. The average molecular weight is 249 g/mol. The van der Waals surface area contributed by atoms with Crippen molar-refractivity contribution in [2.24, 2.45) is 7.05 Å². The number of aromatic nitrogens is 4. The van der Waals surface area contributed by atoms with Crippen molar-refractivity contribution in [1.29, 1.82) is 0 Å². The Balaban J connectivity index is 2.05. The Kier molecular flexibility index (Phi) is 3.31. The van der Waals surface area contributed by atoms with Crippen LogP contribution in [0.1, 0.15) is 6.42 Å². The highest BCUT2D eigenvalue weighted by Gasteiger charge is 2.02. The van der Waals surface area contributed by atoms with Gasteiger partial charge < -0.3 is 10.3 Å². The molecule has 7 nitrogen and oxygen atoms in total. The Bertz CT molecular complexity index is 652. The van der Waals surface area contributed by atoms with Crippen molar-refractivity contribution in [2.45, 2.75) is 19.5 Å². The van der Waals surface area contributed by atoms with Crippen molar-refractivity contribution in [3.63, 3.8) is 0 Å². The first-order chi connectivity index (χ1) is 8.58. The molecule has 0 atom stereocenters. The largest absolute Gasteiger partial charge is 0.382 e. The normalized spacial score (nSPS) is 10.7. The molecule has 7 heteroatoms. The maximum Gasteiger partial charge on any atom is 0.330 e. The van der Waals surface area contributed by atoms with Gasteiger partial charge in [-0.15, -0.1) is 0 Å². The quantitative estimate of drug-likeness (QED) is 0.785. The Morgan fingerprint density at radius 3 is 2.67 bits per heavy atom. The number of nitrogen functional groups attached to an aromatic ring is 1. The summed E-state index contributed by atoms with van der Waals surface area (Å²) in [6, 6.07) is 3.08. The lowest BCUT2D eigenvalue weighted by Crippen LogP contribution is -2.38. The van der Waals surface area contributed by atoms with Crippen LogP contribution in [0.4, 0.5) is 5.82 Å². The van der Waals surface area contributed by atoms with E-state index in [1.807, 2.05) is 0 Å². The number of nitrogens with two attached hydrogens (primary N) is 1. The van der Waals surface area contributed by atoms with Crippen LogP contribution < -0.4 is 17.0 Å². The fraction of sp³-hybridized carbons (Fsp3) is 0.364. The van der Waals surface area contributed by atoms with Gasteiger partial charge in [-0.25, -0.2) is 4.79 Å². The summed E-state index contributed by atoms with van der Waals surface area (Å²) in [7, 11) is 1.62. The minimum atomic E-state index is -0.303. The van der Waals surface area contributed by atoms with E-state index in [0.717, 1.165) is 0 Å². The van der Waals surface area contributed by atoms with Crippen LogP contribution in [-0.4, -0.2) is 18.9 Å². The highest BCUT2D eigenvalue weighted by molar-refractivity contribution is 5.23. The summed E-state index contributed by atoms with van der Waals surface area (Å²) < 4.78 is 4.29. The van der Waals surface area contributed by atoms with E-state index in [1.54, 1.807) is 24.0 Å². The van der Waals surface area contributed by atoms with E-state index in [2.05, 4.69) is 5.10 Å². The number of nitrogens with zero attached hydrogens (tertiary/aromatic N) is 4. The van der Waals surface area contributed by atoms with Gasteiger partial charge in [-0.2, -0.15) is 5.10 Å². The van der Waals surface area contributed by atoms with E-state index in [1.165, 1.54) is 21.4 Å². The van der Waals surface area contributed by atoms with Crippen LogP contribution in [0.15, 0.2) is 34.1 Å². The SMILES string of the molecule is Cn1ccc(=O)n(CCCn2ccc(N)n2)c1=O. The number of rotatable bonds is 4. The van der Waals surface area contributed by atoms with Crippen molar-refractivity contribution in [3.05, 3.63) is 45.4 Å². The molecule has 0 amide bonds. The Morgan fingerprint density at radius 1 is 1.22 bits per heavy atom. The van der Waals surface area contributed by atoms with E-state index in [9.17, 15) is 9.59 Å². The lowest BCUT2D eigenvalue weighted by Gasteiger charge is -2.06. The van der Waals surface area contributed by atoms with Gasteiger partial charge in [0.05, 0.1) is 0 Å². The smallest absolute Gasteiger partial charge is 0.330 e. The summed E-state index contributed by atoms with van der Waals surface area (Å²) in [4.78, 5) is 23.3. The molecule has 0 aliphatic heterocycles. The lowest BCUT2D eigenvalue weighted by atomic mass is 10.4. The molecule has 96 valence electrons. The molecule has 0 saturated heterocycles. The van der Waals surface area contributed by atoms with Crippen LogP contribution in [0.5, 0.6) is 0 Å². The second-order valence-corrected chi connectivity index (χ2v) is 4.06. The molecule has 0 spiro atoms. The van der Waals surface area contributed by atoms with Crippen LogP contribution in [0.25, 0.3) is 0 Å². The van der Waals surface area contributed by atoms with Crippen LogP contribution in [0.2, 0.25) is 0 Å². The molecule has 2 N–H and O–H groups in total. The van der Waals surface area contributed by atoms with Gasteiger partial charge in [0.25, 0.3) is 5.56 Å². The van der Waals surface area contributed by atoms with E-state index in [0.29, 0.717) is 25.3 Å². The second kappa shape index (κ2) is 4.91. The number of hydrogen-bond donors (Lipinski definition) is 1. The van der Waals surface area contributed by atoms with Crippen LogP contribution in [0.3, 0.4) is 0 Å². The first-order valence-corrected chi connectivity index (χ1v) is 5.63. The van der Waals surface area contributed by atoms with Gasteiger partial charge in [-0.3, -0.25) is 14.0 Å². The molecule has 0 aliphatic carbocycles. The summed E-state index contributed by atoms with van der Waals surface area (Å²) in [6.07, 6.45) is 3.87. The summed E-state index contributed by atoms with van der Waals surface area (Å²) >= 11 is 0. The monoisotopic (exact) mass is 249 g/mol. The minimum Gasteiger partial charge on any atom is -0.382 e. The van der Waals surface area contributed by atoms with Gasteiger partial charge in [0, 0.05) is 38.6 Å². The van der Waals surface area contributed by atoms with Crippen molar-refractivity contribution < 1.29 is 0 Å². The zero-order chi connectivity index (χ0) is 13.1. The predicted octanol–water partition coefficient (Wildman–Crippen LogP) is -0.584. The number of anilines is 1. The zero-order valence-electron chi connectivity index (χ0n) is 10.1. The van der Waals surface area contributed by atoms with Gasteiger partial charge in [-0.05, 0) is 12.5 Å². The van der Waals surface area contributed by atoms with Gasteiger partial charge >= 0.3 is 5.69 Å². The van der Waals surface area contributed by atoms with Crippen molar-refractivity contribution >= 4 is 5.82 Å². The Hall–Kier alpha value is -2.31. The third-order valence-electron chi connectivity index (χ3n) is 2.67. The van der Waals surface area contributed by atoms with E-state index in [-0.39, 0.29) is 11.2 Å². The molecule has 18 heavy (non-hydrogen) atoms. The fourth-order valence-corrected chi connectivity index (χ4v) is 1.71. The van der Waals surface area contributed by atoms with Crippen LogP contribution in [0, 0.1) is 0 Å². The number of aryl methyl sites for hydroxylation is 2. The predicted molar refractivity (Wildman–Crippen MR) is 67.2 cm³/mol. The average Bonchev–Trinajstić information content (AvgIpc) is 2.74. The molecule has 0 bridgehead atoms. The molecular weight excluding hydrogens is 234 g/mol. The van der Waals surface area contributed by atoms with Crippen LogP contribution in [-0.2, 0) is 20.1 Å². The van der Waals surface area contributed by atoms with Crippen molar-refractivity contribution in [3.8, 4) is 0 Å². The molecule has 0 saturated carbocycles. The molecule has 2 heterocycles. The molecule has 2 aromatic heterocycles. The van der Waals surface area contributed by atoms with E-state index >= 15 is 0 Å². The first-order valence-electron chi connectivity index (χ1n) is 5.63. The third-order valence-corrected chi connectivity index (χ3v) is 2.67. The van der Waals surface area contributed by atoms with Gasteiger partial charge in [0.15, 0.2) is 0 Å². The molecule has 0 unspecified atom stereocenters. The Labute approximate surface area is 103 Å². The third kappa shape index (κ3) is 2.50. The van der Waals surface area contributed by atoms with Crippen LogP contribution >= 0.6 is 0 Å². The van der Waals surface area contributed by atoms with Gasteiger partial charge in [0.1, 0.15) is 5.82 Å². The number of hydrogen-bond acceptors (Lipinski definition) is 4. The highest BCUT2D eigenvalue weighted by Crippen LogP contribution is 1.97. The standard InChI is InChI=1S/C11H15N5O2/c1-14-7-4-10(17)16(11(14)18)6-2-5-15-8-3-9(12)13-15/h3-4,7-8H,2,5-6H2,1H3,(H2,12,13). The second-order valence-electron chi connectivity index (χ2n) is 4.06. The molecule has 0 radical (unpaired) electrons. The molecule has 0 aromatic carbocycles. The zero-order valence-corrected chi connectivity index (χ0v) is 10.1. The summed E-state index contributed by atoms with van der Waals surface area (Å²) in [6.45, 7) is 0.980. The fourth-order valence-electron chi connectivity index (χ4n) is 1.71. The first kappa shape index (κ1) is 12.2. The molecule has 0 fully saturated rings. The van der Waals surface area contributed by atoms with Gasteiger partial charge in [0.2, 0.25) is 0 Å². The maximum absolute atomic E-state index is 11.7. The topological polar surface area (TPSA) is 87.8 Å². The molecule has 2 rings (SSSR count).